The number of aromatic amines is 1. The van der Waals surface area contributed by atoms with Crippen LogP contribution in [0.1, 0.15) is 6.23 Å². The molecule has 0 aromatic carbocycles. The van der Waals surface area contributed by atoms with Gasteiger partial charge in [0.15, 0.2) is 10.9 Å². The zero-order chi connectivity index (χ0) is 16.8. The van der Waals surface area contributed by atoms with Crippen molar-refractivity contribution >= 4 is 80.1 Å². The van der Waals surface area contributed by atoms with Crippen molar-refractivity contribution in [1.82, 2.24) is 19.5 Å². The summed E-state index contributed by atoms with van der Waals surface area (Å²) in [6, 6.07) is 0. The van der Waals surface area contributed by atoms with Crippen LogP contribution in [0.25, 0.3) is 11.2 Å². The van der Waals surface area contributed by atoms with Gasteiger partial charge in [-0.15, -0.1) is 0 Å². The van der Waals surface area contributed by atoms with Crippen molar-refractivity contribution in [3.8, 4) is 0 Å². The molecule has 24 heavy (non-hydrogen) atoms. The Kier molecular flexibility index (Phi) is 6.81. The first kappa shape index (κ1) is 20.6. The summed E-state index contributed by atoms with van der Waals surface area (Å²) in [4.78, 5) is 28.2. The van der Waals surface area contributed by atoms with E-state index >= 15 is 0 Å². The predicted octanol–water partition coefficient (Wildman–Crippen LogP) is -1.16. The Morgan fingerprint density at radius 2 is 2.08 bits per heavy atom. The molecule has 5 N–H and O–H groups in total. The van der Waals surface area contributed by atoms with Crippen LogP contribution in [0.4, 0.5) is 0 Å². The molecule has 1 fully saturated rings. The van der Waals surface area contributed by atoms with Crippen molar-refractivity contribution in [2.75, 3.05) is 6.61 Å². The molecule has 2 aromatic rings. The molecule has 126 valence electrons. The van der Waals surface area contributed by atoms with Crippen molar-refractivity contribution in [2.45, 2.75) is 24.5 Å². The molecule has 4 unspecified atom stereocenters. The number of fused-ring (bicyclic) bond motifs is 1. The van der Waals surface area contributed by atoms with Gasteiger partial charge in [-0.3, -0.25) is 9.09 Å². The summed E-state index contributed by atoms with van der Waals surface area (Å²) in [6.45, 7) is -0.580. The van der Waals surface area contributed by atoms with E-state index in [9.17, 15) is 14.8 Å². The summed E-state index contributed by atoms with van der Waals surface area (Å²) in [7, 11) is -4.71. The Labute approximate surface area is 180 Å². The van der Waals surface area contributed by atoms with Crippen LogP contribution in [-0.2, 0) is 13.8 Å². The van der Waals surface area contributed by atoms with Crippen molar-refractivity contribution in [3.63, 3.8) is 0 Å². The Balaban J connectivity index is 0.00000208. The maximum atomic E-state index is 10.7. The van der Waals surface area contributed by atoms with Crippen molar-refractivity contribution in [2.24, 2.45) is 0 Å². The molecule has 3 rings (SSSR count). The number of hydrogen-bond donors (Lipinski definition) is 5. The predicted molar refractivity (Wildman–Crippen MR) is 82.4 cm³/mol. The molecule has 3 heterocycles. The van der Waals surface area contributed by atoms with Gasteiger partial charge in [-0.1, -0.05) is 12.2 Å². The smallest absolute Gasteiger partial charge is 0.387 e. The van der Waals surface area contributed by atoms with E-state index in [-0.39, 0.29) is 53.5 Å². The van der Waals surface area contributed by atoms with Gasteiger partial charge in [-0.25, -0.2) is 14.5 Å². The topological polar surface area (TPSA) is 163 Å². The Hall–Kier alpha value is 0.331. The van der Waals surface area contributed by atoms with E-state index in [4.69, 9.17) is 26.7 Å². The van der Waals surface area contributed by atoms with Crippen LogP contribution in [0.2, 0.25) is 0 Å². The fourth-order valence-corrected chi connectivity index (χ4v) is 2.88. The number of nitrogens with one attached hydrogen (secondary N) is 1. The van der Waals surface area contributed by atoms with Crippen LogP contribution >= 0.6 is 20.0 Å². The zero-order valence-corrected chi connectivity index (χ0v) is 18.2. The molecular formula is C10H13BaN4O7PS+2. The summed E-state index contributed by atoms with van der Waals surface area (Å²) in [5.74, 6) is 0. The number of H-pyrrole nitrogens is 1. The van der Waals surface area contributed by atoms with Crippen LogP contribution in [0.5, 0.6) is 0 Å². The monoisotopic (exact) mass is 502 g/mol. The fraction of sp³-hybridized carbons (Fsp3) is 0.500. The van der Waals surface area contributed by atoms with Gasteiger partial charge >= 0.3 is 56.7 Å². The standard InChI is InChI=1S/C10H13N4O7PS.Ba/c15-6-4(1-20-22(17,18)19)21-10(7(6)16)14-3-13-5-8(14)11-2-12-9(5)23;/h2-4,6-7,10,15-16H,1H2,(H,11,12,23)(H2,17,18,19);/q;+2. The van der Waals surface area contributed by atoms with Gasteiger partial charge in [0.05, 0.1) is 19.3 Å². The number of phosphoric acid groups is 1. The van der Waals surface area contributed by atoms with E-state index < -0.39 is 39.0 Å². The fourth-order valence-electron chi connectivity index (χ4n) is 2.33. The molecule has 4 atom stereocenters. The summed E-state index contributed by atoms with van der Waals surface area (Å²) >= 11 is 5.03. The maximum absolute atomic E-state index is 10.7. The molecule has 2 aromatic heterocycles. The van der Waals surface area contributed by atoms with E-state index in [0.29, 0.717) is 11.2 Å². The molecule has 0 radical (unpaired) electrons. The Morgan fingerprint density at radius 3 is 2.75 bits per heavy atom. The first-order valence-electron chi connectivity index (χ1n) is 6.40. The number of phosphoric ester groups is 1. The van der Waals surface area contributed by atoms with Crippen molar-refractivity contribution in [3.05, 3.63) is 17.3 Å². The molecule has 0 aliphatic carbocycles. The van der Waals surface area contributed by atoms with Crippen molar-refractivity contribution < 1.29 is 33.8 Å². The van der Waals surface area contributed by atoms with Crippen LogP contribution in [0.3, 0.4) is 0 Å². The van der Waals surface area contributed by atoms with Crippen LogP contribution in [-0.4, -0.2) is 113 Å². The van der Waals surface area contributed by atoms with Gasteiger partial charge in [0.1, 0.15) is 29.5 Å². The number of aromatic nitrogens is 4. The van der Waals surface area contributed by atoms with Crippen LogP contribution < -0.4 is 0 Å². The molecule has 1 aliphatic heterocycles. The largest absolute Gasteiger partial charge is 2.00 e. The minimum absolute atomic E-state index is 0. The van der Waals surface area contributed by atoms with Gasteiger partial charge in [-0.05, 0) is 0 Å². The SMILES string of the molecule is O=P(O)(O)OCC1OC(n2cnc3c(=S)nc[nH]c32)C(O)C1O.[Ba+2]. The number of aliphatic hydroxyl groups excluding tert-OH is 2. The average Bonchev–Trinajstić information content (AvgIpc) is 3.01. The summed E-state index contributed by atoms with van der Waals surface area (Å²) < 4.78 is 22.2. The third-order valence-electron chi connectivity index (χ3n) is 3.40. The third-order valence-corrected chi connectivity index (χ3v) is 4.18. The Morgan fingerprint density at radius 1 is 1.38 bits per heavy atom. The van der Waals surface area contributed by atoms with E-state index in [2.05, 4.69) is 19.5 Å². The molecule has 0 saturated carbocycles. The van der Waals surface area contributed by atoms with Crippen LogP contribution in [0.15, 0.2) is 12.7 Å². The number of rotatable bonds is 4. The molecule has 1 saturated heterocycles. The number of hydrogen-bond acceptors (Lipinski definition) is 8. The second-order valence-electron chi connectivity index (χ2n) is 4.89. The van der Waals surface area contributed by atoms with Gasteiger partial charge in [-0.2, -0.15) is 0 Å². The van der Waals surface area contributed by atoms with E-state index in [1.807, 2.05) is 0 Å². The summed E-state index contributed by atoms with van der Waals surface area (Å²) in [6.07, 6.45) is -2.19. The molecule has 0 bridgehead atoms. The summed E-state index contributed by atoms with van der Waals surface area (Å²) in [5.41, 5.74) is 0.820. The van der Waals surface area contributed by atoms with E-state index in [0.717, 1.165) is 0 Å². The molecule has 0 spiro atoms. The molecular weight excluding hydrogens is 489 g/mol. The van der Waals surface area contributed by atoms with E-state index in [1.165, 1.54) is 17.2 Å². The van der Waals surface area contributed by atoms with Crippen molar-refractivity contribution in [1.29, 1.82) is 0 Å². The Bertz CT molecular complexity index is 825. The maximum Gasteiger partial charge on any atom is 2.00 e. The van der Waals surface area contributed by atoms with Gasteiger partial charge in [0, 0.05) is 0 Å². The number of imidazole rings is 1. The molecule has 1 aliphatic rings. The van der Waals surface area contributed by atoms with Gasteiger partial charge in [0.25, 0.3) is 0 Å². The second-order valence-corrected chi connectivity index (χ2v) is 6.52. The average molecular weight is 502 g/mol. The number of ether oxygens (including phenoxy) is 1. The normalized spacial score (nSPS) is 27.3. The zero-order valence-electron chi connectivity index (χ0n) is 12.1. The van der Waals surface area contributed by atoms with Gasteiger partial charge < -0.3 is 29.7 Å². The number of nitrogens with zero attached hydrogens (tertiary/aromatic N) is 3. The minimum Gasteiger partial charge on any atom is -0.387 e. The first-order chi connectivity index (χ1) is 10.8. The summed E-state index contributed by atoms with van der Waals surface area (Å²) in [5, 5.41) is 20.1. The van der Waals surface area contributed by atoms with Crippen LogP contribution in [0, 0.1) is 4.64 Å². The molecule has 0 amide bonds. The second kappa shape index (κ2) is 7.92. The first-order valence-corrected chi connectivity index (χ1v) is 8.33. The minimum atomic E-state index is -4.71. The van der Waals surface area contributed by atoms with E-state index in [1.54, 1.807) is 0 Å². The molecule has 14 heteroatoms. The third kappa shape index (κ3) is 4.18. The quantitative estimate of drug-likeness (QED) is 0.196. The van der Waals surface area contributed by atoms with Gasteiger partial charge in [0.2, 0.25) is 0 Å². The molecule has 11 nitrogen and oxygen atoms in total. The number of aliphatic hydroxyl groups is 2.